The highest BCUT2D eigenvalue weighted by molar-refractivity contribution is 7.07. The monoisotopic (exact) mass is 301 g/mol. The van der Waals surface area contributed by atoms with E-state index < -0.39 is 6.10 Å². The lowest BCUT2D eigenvalue weighted by atomic mass is 9.99. The molecule has 2 aromatic rings. The molecule has 2 amide bonds. The average Bonchev–Trinajstić information content (AvgIpc) is 3.06. The van der Waals surface area contributed by atoms with Crippen molar-refractivity contribution in [2.75, 3.05) is 6.54 Å². The zero-order valence-corrected chi connectivity index (χ0v) is 12.6. The number of aliphatic hydroxyl groups excluding tert-OH is 1. The maximum absolute atomic E-state index is 12.5. The third-order valence-electron chi connectivity index (χ3n) is 3.82. The number of hydrogen-bond donors (Lipinski definition) is 1. The molecule has 21 heavy (non-hydrogen) atoms. The number of fused-ring (bicyclic) bond motifs is 1. The highest BCUT2D eigenvalue weighted by atomic mass is 32.1. The van der Waals surface area contributed by atoms with Gasteiger partial charge in [-0.1, -0.05) is 12.1 Å². The summed E-state index contributed by atoms with van der Waals surface area (Å²) in [5.74, 6) is -0.629. The number of nitrogens with zero attached hydrogens (tertiary/aromatic N) is 1. The number of hydrogen-bond acceptors (Lipinski definition) is 4. The second-order valence-corrected chi connectivity index (χ2v) is 6.02. The summed E-state index contributed by atoms with van der Waals surface area (Å²) in [5.41, 5.74) is 3.25. The van der Waals surface area contributed by atoms with Crippen LogP contribution in [0.3, 0.4) is 0 Å². The number of carbonyl (C=O) groups excluding carboxylic acids is 2. The quantitative estimate of drug-likeness (QED) is 0.887. The molecular weight excluding hydrogens is 286 g/mol. The van der Waals surface area contributed by atoms with Gasteiger partial charge in [-0.3, -0.25) is 14.5 Å². The number of aryl methyl sites for hydroxylation is 2. The number of amides is 2. The standard InChI is InChI=1S/C16H15NO3S/c1-9-3-4-10(2)14-13(9)15(19)17(16(14)20)7-12(18)11-5-6-21-8-11/h3-6,8,12,18H,7H2,1-2H3. The molecule has 4 nitrogen and oxygen atoms in total. The van der Waals surface area contributed by atoms with Gasteiger partial charge in [0.05, 0.1) is 23.8 Å². The van der Waals surface area contributed by atoms with Crippen LogP contribution in [0.2, 0.25) is 0 Å². The van der Waals surface area contributed by atoms with Gasteiger partial charge in [0.2, 0.25) is 0 Å². The van der Waals surface area contributed by atoms with Crippen LogP contribution in [0.4, 0.5) is 0 Å². The predicted molar refractivity (Wildman–Crippen MR) is 80.6 cm³/mol. The Morgan fingerprint density at radius 2 is 1.67 bits per heavy atom. The van der Waals surface area contributed by atoms with Crippen molar-refractivity contribution in [1.82, 2.24) is 4.90 Å². The first kappa shape index (κ1) is 14.0. The third kappa shape index (κ3) is 2.18. The molecule has 3 rings (SSSR count). The van der Waals surface area contributed by atoms with Gasteiger partial charge in [0.15, 0.2) is 0 Å². The summed E-state index contributed by atoms with van der Waals surface area (Å²) >= 11 is 1.47. The molecule has 0 saturated carbocycles. The topological polar surface area (TPSA) is 57.6 Å². The molecule has 1 N–H and O–H groups in total. The number of thiophene rings is 1. The molecule has 1 aromatic heterocycles. The molecule has 1 atom stereocenters. The molecule has 0 spiro atoms. The Hall–Kier alpha value is -1.98. The van der Waals surface area contributed by atoms with Crippen molar-refractivity contribution in [3.63, 3.8) is 0 Å². The maximum atomic E-state index is 12.5. The molecule has 108 valence electrons. The lowest BCUT2D eigenvalue weighted by molar-refractivity contribution is 0.0543. The minimum atomic E-state index is -0.848. The van der Waals surface area contributed by atoms with Crippen molar-refractivity contribution >= 4 is 23.2 Å². The van der Waals surface area contributed by atoms with Crippen LogP contribution in [-0.4, -0.2) is 28.4 Å². The van der Waals surface area contributed by atoms with E-state index in [1.165, 1.54) is 11.3 Å². The lowest BCUT2D eigenvalue weighted by Gasteiger charge is -2.17. The highest BCUT2D eigenvalue weighted by Crippen LogP contribution is 2.30. The molecule has 1 aliphatic rings. The Labute approximate surface area is 126 Å². The van der Waals surface area contributed by atoms with Crippen LogP contribution >= 0.6 is 11.3 Å². The molecular formula is C16H15NO3S. The fourth-order valence-corrected chi connectivity index (χ4v) is 3.34. The maximum Gasteiger partial charge on any atom is 0.261 e. The third-order valence-corrected chi connectivity index (χ3v) is 4.52. The van der Waals surface area contributed by atoms with Crippen LogP contribution in [0.15, 0.2) is 29.0 Å². The van der Waals surface area contributed by atoms with Gasteiger partial charge in [0.25, 0.3) is 11.8 Å². The molecule has 0 radical (unpaired) electrons. The van der Waals surface area contributed by atoms with Crippen LogP contribution in [0.1, 0.15) is 43.5 Å². The smallest absolute Gasteiger partial charge is 0.261 e. The van der Waals surface area contributed by atoms with Crippen molar-refractivity contribution < 1.29 is 14.7 Å². The van der Waals surface area contributed by atoms with E-state index >= 15 is 0 Å². The van der Waals surface area contributed by atoms with Crippen molar-refractivity contribution in [3.05, 3.63) is 56.8 Å². The summed E-state index contributed by atoms with van der Waals surface area (Å²) in [6.45, 7) is 3.63. The molecule has 1 aliphatic heterocycles. The second-order valence-electron chi connectivity index (χ2n) is 5.24. The molecule has 5 heteroatoms. The van der Waals surface area contributed by atoms with Crippen molar-refractivity contribution in [1.29, 1.82) is 0 Å². The number of carbonyl (C=O) groups is 2. The van der Waals surface area contributed by atoms with Crippen LogP contribution in [0.5, 0.6) is 0 Å². The van der Waals surface area contributed by atoms with Gasteiger partial charge in [-0.15, -0.1) is 0 Å². The highest BCUT2D eigenvalue weighted by Gasteiger charge is 2.38. The number of imide groups is 1. The van der Waals surface area contributed by atoms with Crippen LogP contribution in [0, 0.1) is 13.8 Å². The second kappa shape index (κ2) is 5.09. The van der Waals surface area contributed by atoms with Crippen molar-refractivity contribution in [3.8, 4) is 0 Å². The Balaban J connectivity index is 1.93. The summed E-state index contributed by atoms with van der Waals surface area (Å²) in [7, 11) is 0. The summed E-state index contributed by atoms with van der Waals surface area (Å²) in [6.07, 6.45) is -0.848. The van der Waals surface area contributed by atoms with E-state index in [1.54, 1.807) is 6.07 Å². The first-order valence-corrected chi connectivity index (χ1v) is 7.61. The molecule has 0 saturated heterocycles. The number of aliphatic hydroxyl groups is 1. The lowest BCUT2D eigenvalue weighted by Crippen LogP contribution is -2.34. The van der Waals surface area contributed by atoms with Gasteiger partial charge in [-0.2, -0.15) is 11.3 Å². The SMILES string of the molecule is Cc1ccc(C)c2c1C(=O)N(CC(O)c1ccsc1)C2=O. The first-order chi connectivity index (χ1) is 10.0. The summed E-state index contributed by atoms with van der Waals surface area (Å²) in [6, 6.07) is 5.49. The van der Waals surface area contributed by atoms with Crippen LogP contribution < -0.4 is 0 Å². The van der Waals surface area contributed by atoms with E-state index in [1.807, 2.05) is 36.7 Å². The zero-order valence-electron chi connectivity index (χ0n) is 11.8. The Morgan fingerprint density at radius 3 is 2.14 bits per heavy atom. The summed E-state index contributed by atoms with van der Waals surface area (Å²) in [5, 5.41) is 13.9. The molecule has 0 fully saturated rings. The zero-order chi connectivity index (χ0) is 15.1. The molecule has 2 heterocycles. The summed E-state index contributed by atoms with van der Waals surface area (Å²) in [4.78, 5) is 26.1. The average molecular weight is 301 g/mol. The molecule has 0 bridgehead atoms. The fourth-order valence-electron chi connectivity index (χ4n) is 2.63. The van der Waals surface area contributed by atoms with Crippen LogP contribution in [-0.2, 0) is 0 Å². The van der Waals surface area contributed by atoms with Gasteiger partial charge in [-0.05, 0) is 47.4 Å². The van der Waals surface area contributed by atoms with Gasteiger partial charge < -0.3 is 5.11 Å². The number of β-amino-alcohol motifs (C(OH)–C–C–N with tert-alkyl or cyclic N) is 1. The van der Waals surface area contributed by atoms with E-state index in [0.29, 0.717) is 11.1 Å². The van der Waals surface area contributed by atoms with Crippen LogP contribution in [0.25, 0.3) is 0 Å². The van der Waals surface area contributed by atoms with E-state index in [0.717, 1.165) is 21.6 Å². The fraction of sp³-hybridized carbons (Fsp3) is 0.250. The van der Waals surface area contributed by atoms with Gasteiger partial charge in [0, 0.05) is 0 Å². The number of rotatable bonds is 3. The summed E-state index contributed by atoms with van der Waals surface area (Å²) < 4.78 is 0. The Kier molecular flexibility index (Phi) is 3.39. The normalized spacial score (nSPS) is 15.5. The Bertz CT molecular complexity index is 680. The van der Waals surface area contributed by atoms with Gasteiger partial charge in [0.1, 0.15) is 0 Å². The van der Waals surface area contributed by atoms with Crippen molar-refractivity contribution in [2.45, 2.75) is 20.0 Å². The molecule has 0 aliphatic carbocycles. The first-order valence-electron chi connectivity index (χ1n) is 6.67. The predicted octanol–water partition coefficient (Wildman–Crippen LogP) is 2.69. The van der Waals surface area contributed by atoms with Gasteiger partial charge in [-0.25, -0.2) is 0 Å². The van der Waals surface area contributed by atoms with E-state index in [-0.39, 0.29) is 18.4 Å². The van der Waals surface area contributed by atoms with E-state index in [4.69, 9.17) is 0 Å². The van der Waals surface area contributed by atoms with E-state index in [9.17, 15) is 14.7 Å². The van der Waals surface area contributed by atoms with Gasteiger partial charge >= 0.3 is 0 Å². The van der Waals surface area contributed by atoms with Crippen molar-refractivity contribution in [2.24, 2.45) is 0 Å². The minimum absolute atomic E-state index is 0.0119. The minimum Gasteiger partial charge on any atom is -0.387 e. The Morgan fingerprint density at radius 1 is 1.10 bits per heavy atom. The molecule has 1 aromatic carbocycles. The largest absolute Gasteiger partial charge is 0.387 e. The molecule has 1 unspecified atom stereocenters. The number of benzene rings is 1. The van der Waals surface area contributed by atoms with E-state index in [2.05, 4.69) is 0 Å².